The highest BCUT2D eigenvalue weighted by atomic mass is 19.1. The van der Waals surface area contributed by atoms with Crippen LogP contribution in [0.25, 0.3) is 11.0 Å². The fourth-order valence-corrected chi connectivity index (χ4v) is 3.86. The fourth-order valence-electron chi connectivity index (χ4n) is 3.86. The SMILES string of the molecule is C[C@@H]1CCCCN1C(=O)c1cc2cccnc2n(Cc2ccccc2F)c1=O. The van der Waals surface area contributed by atoms with Crippen molar-refractivity contribution in [3.05, 3.63) is 76.0 Å². The Morgan fingerprint density at radius 1 is 1.21 bits per heavy atom. The molecule has 1 amide bonds. The molecule has 0 aliphatic carbocycles. The van der Waals surface area contributed by atoms with Crippen molar-refractivity contribution in [2.45, 2.75) is 38.8 Å². The van der Waals surface area contributed by atoms with E-state index in [9.17, 15) is 14.0 Å². The molecule has 144 valence electrons. The molecule has 1 aliphatic heterocycles. The first-order chi connectivity index (χ1) is 13.6. The molecule has 2 aromatic heterocycles. The number of nitrogens with zero attached hydrogens (tertiary/aromatic N) is 3. The molecule has 1 saturated heterocycles. The third-order valence-corrected chi connectivity index (χ3v) is 5.43. The van der Waals surface area contributed by atoms with Gasteiger partial charge in [-0.05, 0) is 50.5 Å². The summed E-state index contributed by atoms with van der Waals surface area (Å²) in [7, 11) is 0. The average molecular weight is 379 g/mol. The summed E-state index contributed by atoms with van der Waals surface area (Å²) in [6.07, 6.45) is 4.55. The quantitative estimate of drug-likeness (QED) is 0.699. The molecule has 1 fully saturated rings. The minimum absolute atomic E-state index is 0.0235. The van der Waals surface area contributed by atoms with Crippen molar-refractivity contribution in [1.29, 1.82) is 0 Å². The van der Waals surface area contributed by atoms with E-state index >= 15 is 0 Å². The van der Waals surface area contributed by atoms with Gasteiger partial charge in [0, 0.05) is 29.7 Å². The number of carbonyl (C=O) groups is 1. The summed E-state index contributed by atoms with van der Waals surface area (Å²) in [5.74, 6) is -0.648. The number of hydrogen-bond acceptors (Lipinski definition) is 3. The Hall–Kier alpha value is -3.02. The third-order valence-electron chi connectivity index (χ3n) is 5.43. The number of fused-ring (bicyclic) bond motifs is 1. The van der Waals surface area contributed by atoms with Gasteiger partial charge in [0.05, 0.1) is 6.54 Å². The normalized spacial score (nSPS) is 17.1. The van der Waals surface area contributed by atoms with E-state index < -0.39 is 5.56 Å². The molecule has 0 spiro atoms. The summed E-state index contributed by atoms with van der Waals surface area (Å²) in [4.78, 5) is 32.5. The summed E-state index contributed by atoms with van der Waals surface area (Å²) < 4.78 is 15.6. The lowest BCUT2D eigenvalue weighted by Crippen LogP contribution is -2.44. The van der Waals surface area contributed by atoms with Gasteiger partial charge in [0.15, 0.2) is 0 Å². The van der Waals surface area contributed by atoms with Crippen LogP contribution in [0.5, 0.6) is 0 Å². The maximum Gasteiger partial charge on any atom is 0.265 e. The maximum atomic E-state index is 14.2. The van der Waals surface area contributed by atoms with Crippen LogP contribution in [0.4, 0.5) is 4.39 Å². The van der Waals surface area contributed by atoms with Crippen LogP contribution in [0.3, 0.4) is 0 Å². The van der Waals surface area contributed by atoms with Crippen molar-refractivity contribution >= 4 is 16.9 Å². The first kappa shape index (κ1) is 18.3. The minimum atomic E-state index is -0.433. The van der Waals surface area contributed by atoms with Crippen molar-refractivity contribution in [2.75, 3.05) is 6.54 Å². The number of benzene rings is 1. The van der Waals surface area contributed by atoms with Crippen molar-refractivity contribution in [1.82, 2.24) is 14.5 Å². The average Bonchev–Trinajstić information content (AvgIpc) is 2.71. The molecular formula is C22H22FN3O2. The Morgan fingerprint density at radius 3 is 2.82 bits per heavy atom. The molecule has 6 heteroatoms. The zero-order valence-electron chi connectivity index (χ0n) is 15.8. The largest absolute Gasteiger partial charge is 0.336 e. The molecule has 1 aliphatic rings. The number of piperidine rings is 1. The van der Waals surface area contributed by atoms with Gasteiger partial charge in [-0.2, -0.15) is 0 Å². The Labute approximate surface area is 162 Å². The second-order valence-electron chi connectivity index (χ2n) is 7.30. The number of amides is 1. The summed E-state index contributed by atoms with van der Waals surface area (Å²) in [6.45, 7) is 2.69. The molecule has 0 bridgehead atoms. The van der Waals surface area contributed by atoms with Crippen molar-refractivity contribution in [3.8, 4) is 0 Å². The van der Waals surface area contributed by atoms with E-state index in [4.69, 9.17) is 0 Å². The van der Waals surface area contributed by atoms with E-state index in [1.165, 1.54) is 10.6 Å². The standard InChI is InChI=1S/C22H22FN3O2/c1-15-7-4-5-12-25(15)21(27)18-13-16-9-6-11-24-20(16)26(22(18)28)14-17-8-2-3-10-19(17)23/h2-3,6,8-11,13,15H,4-5,7,12,14H2,1H3/t15-/m1/s1. The Kier molecular flexibility index (Phi) is 4.94. The predicted octanol–water partition coefficient (Wildman–Crippen LogP) is 3.60. The van der Waals surface area contributed by atoms with Gasteiger partial charge in [0.2, 0.25) is 0 Å². The van der Waals surface area contributed by atoms with Gasteiger partial charge in [-0.15, -0.1) is 0 Å². The van der Waals surface area contributed by atoms with Gasteiger partial charge >= 0.3 is 0 Å². The second kappa shape index (κ2) is 7.54. The molecule has 3 heterocycles. The zero-order valence-corrected chi connectivity index (χ0v) is 15.8. The summed E-state index contributed by atoms with van der Waals surface area (Å²) in [5.41, 5.74) is 0.509. The number of carbonyl (C=O) groups excluding carboxylic acids is 1. The Balaban J connectivity index is 1.85. The fraction of sp³-hybridized carbons (Fsp3) is 0.318. The van der Waals surface area contributed by atoms with Crippen LogP contribution >= 0.6 is 0 Å². The van der Waals surface area contributed by atoms with E-state index in [0.29, 0.717) is 23.1 Å². The van der Waals surface area contributed by atoms with Crippen LogP contribution in [0.1, 0.15) is 42.1 Å². The lowest BCUT2D eigenvalue weighted by Gasteiger charge is -2.33. The third kappa shape index (κ3) is 3.30. The van der Waals surface area contributed by atoms with Gasteiger partial charge in [-0.1, -0.05) is 18.2 Å². The lowest BCUT2D eigenvalue weighted by molar-refractivity contribution is 0.0633. The van der Waals surface area contributed by atoms with Crippen LogP contribution in [-0.4, -0.2) is 32.9 Å². The lowest BCUT2D eigenvalue weighted by atomic mass is 10.0. The Morgan fingerprint density at radius 2 is 2.04 bits per heavy atom. The van der Waals surface area contributed by atoms with Crippen LogP contribution < -0.4 is 5.56 Å². The predicted molar refractivity (Wildman–Crippen MR) is 106 cm³/mol. The molecule has 0 N–H and O–H groups in total. The van der Waals surface area contributed by atoms with Gasteiger partial charge in [0.1, 0.15) is 17.0 Å². The van der Waals surface area contributed by atoms with Gasteiger partial charge < -0.3 is 4.90 Å². The van der Waals surface area contributed by atoms with Gasteiger partial charge in [-0.3, -0.25) is 14.2 Å². The van der Waals surface area contributed by atoms with Gasteiger partial charge in [0.25, 0.3) is 11.5 Å². The van der Waals surface area contributed by atoms with E-state index in [-0.39, 0.29) is 29.9 Å². The van der Waals surface area contributed by atoms with Crippen molar-refractivity contribution in [2.24, 2.45) is 0 Å². The van der Waals surface area contributed by atoms with E-state index in [1.807, 2.05) is 13.0 Å². The minimum Gasteiger partial charge on any atom is -0.336 e. The highest BCUT2D eigenvalue weighted by Crippen LogP contribution is 2.20. The van der Waals surface area contributed by atoms with Crippen LogP contribution in [0.2, 0.25) is 0 Å². The summed E-state index contributed by atoms with van der Waals surface area (Å²) >= 11 is 0. The van der Waals surface area contributed by atoms with E-state index in [0.717, 1.165) is 19.3 Å². The molecule has 5 nitrogen and oxygen atoms in total. The molecule has 4 rings (SSSR count). The first-order valence-electron chi connectivity index (χ1n) is 9.59. The number of likely N-dealkylation sites (tertiary alicyclic amines) is 1. The highest BCUT2D eigenvalue weighted by Gasteiger charge is 2.27. The first-order valence-corrected chi connectivity index (χ1v) is 9.59. The van der Waals surface area contributed by atoms with Gasteiger partial charge in [-0.25, -0.2) is 9.37 Å². The second-order valence-corrected chi connectivity index (χ2v) is 7.30. The smallest absolute Gasteiger partial charge is 0.265 e. The topological polar surface area (TPSA) is 55.2 Å². The van der Waals surface area contributed by atoms with Crippen LogP contribution in [0, 0.1) is 5.82 Å². The zero-order chi connectivity index (χ0) is 19.7. The molecular weight excluding hydrogens is 357 g/mol. The summed E-state index contributed by atoms with van der Waals surface area (Å²) in [6, 6.07) is 11.6. The molecule has 0 radical (unpaired) electrons. The Bertz CT molecular complexity index is 1090. The van der Waals surface area contributed by atoms with E-state index in [1.54, 1.807) is 41.4 Å². The van der Waals surface area contributed by atoms with Crippen LogP contribution in [-0.2, 0) is 6.54 Å². The number of rotatable bonds is 3. The monoisotopic (exact) mass is 379 g/mol. The highest BCUT2D eigenvalue weighted by molar-refractivity contribution is 5.97. The molecule has 0 unspecified atom stereocenters. The van der Waals surface area contributed by atoms with Crippen LogP contribution in [0.15, 0.2) is 53.5 Å². The number of aromatic nitrogens is 2. The van der Waals surface area contributed by atoms with E-state index in [2.05, 4.69) is 4.98 Å². The van der Waals surface area contributed by atoms with Crippen molar-refractivity contribution < 1.29 is 9.18 Å². The van der Waals surface area contributed by atoms with Crippen molar-refractivity contribution in [3.63, 3.8) is 0 Å². The molecule has 1 aromatic carbocycles. The molecule has 1 atom stereocenters. The number of pyridine rings is 2. The molecule has 28 heavy (non-hydrogen) atoms. The summed E-state index contributed by atoms with van der Waals surface area (Å²) in [5, 5.41) is 0.687. The number of hydrogen-bond donors (Lipinski definition) is 0. The number of halogens is 1. The maximum absolute atomic E-state index is 14.2. The molecule has 0 saturated carbocycles. The molecule has 3 aromatic rings.